The molecule has 4 aromatic rings. The van der Waals surface area contributed by atoms with E-state index in [2.05, 4.69) is 25.5 Å². The Bertz CT molecular complexity index is 1040. The zero-order valence-corrected chi connectivity index (χ0v) is 13.4. The first-order valence-electron chi connectivity index (χ1n) is 7.40. The maximum absolute atomic E-state index is 12.2. The number of benzene rings is 2. The monoisotopic (exact) mass is 335 g/mol. The van der Waals surface area contributed by atoms with Crippen LogP contribution in [-0.2, 0) is 6.42 Å². The van der Waals surface area contributed by atoms with Gasteiger partial charge in [-0.15, -0.1) is 10.2 Å². The Morgan fingerprint density at radius 2 is 1.79 bits per heavy atom. The van der Waals surface area contributed by atoms with Gasteiger partial charge in [0.1, 0.15) is 10.7 Å². The van der Waals surface area contributed by atoms with Crippen molar-refractivity contribution >= 4 is 33.2 Å². The summed E-state index contributed by atoms with van der Waals surface area (Å²) in [6, 6.07) is 17.2. The van der Waals surface area contributed by atoms with E-state index in [0.717, 1.165) is 21.7 Å². The third-order valence-electron chi connectivity index (χ3n) is 3.48. The summed E-state index contributed by atoms with van der Waals surface area (Å²) in [6.45, 7) is 0. The molecule has 0 bridgehead atoms. The van der Waals surface area contributed by atoms with Gasteiger partial charge in [0.25, 0.3) is 5.56 Å². The molecule has 0 radical (unpaired) electrons. The molecule has 2 aromatic carbocycles. The molecule has 0 unspecified atom stereocenters. The Kier molecular flexibility index (Phi) is 3.76. The maximum Gasteiger partial charge on any atom is 0.270 e. The molecule has 2 N–H and O–H groups in total. The van der Waals surface area contributed by atoms with Crippen LogP contribution in [0.15, 0.2) is 59.4 Å². The minimum absolute atomic E-state index is 0.193. The summed E-state index contributed by atoms with van der Waals surface area (Å²) >= 11 is 1.41. The van der Waals surface area contributed by atoms with Crippen molar-refractivity contribution in [2.45, 2.75) is 6.42 Å². The van der Waals surface area contributed by atoms with Gasteiger partial charge < -0.3 is 10.3 Å². The summed E-state index contributed by atoms with van der Waals surface area (Å²) in [6.07, 6.45) is 0.355. The van der Waals surface area contributed by atoms with Gasteiger partial charge >= 0.3 is 0 Å². The molecule has 0 fully saturated rings. The number of anilines is 2. The van der Waals surface area contributed by atoms with E-state index in [9.17, 15) is 4.79 Å². The minimum atomic E-state index is -0.193. The second-order valence-electron chi connectivity index (χ2n) is 5.20. The van der Waals surface area contributed by atoms with Crippen molar-refractivity contribution in [3.8, 4) is 0 Å². The molecule has 0 saturated carbocycles. The van der Waals surface area contributed by atoms with Gasteiger partial charge in [-0.2, -0.15) is 0 Å². The van der Waals surface area contributed by atoms with E-state index in [1.165, 1.54) is 11.3 Å². The molecule has 0 atom stereocenters. The minimum Gasteiger partial charge on any atom is -0.330 e. The molecule has 2 heterocycles. The molecule has 24 heavy (non-hydrogen) atoms. The second kappa shape index (κ2) is 6.21. The molecular weight excluding hydrogens is 322 g/mol. The lowest BCUT2D eigenvalue weighted by atomic mass is 10.2. The van der Waals surface area contributed by atoms with Crippen LogP contribution in [0, 0.1) is 0 Å². The summed E-state index contributed by atoms with van der Waals surface area (Å²) in [5.41, 5.74) is 2.69. The molecule has 0 aliphatic heterocycles. The first-order chi connectivity index (χ1) is 11.8. The zero-order valence-electron chi connectivity index (χ0n) is 12.6. The number of nitrogens with zero attached hydrogens (tertiary/aromatic N) is 3. The van der Waals surface area contributed by atoms with E-state index in [1.807, 2.05) is 54.6 Å². The molecule has 118 valence electrons. The van der Waals surface area contributed by atoms with Crippen molar-refractivity contribution in [3.63, 3.8) is 0 Å². The van der Waals surface area contributed by atoms with Gasteiger partial charge in [-0.05, 0) is 24.3 Å². The Morgan fingerprint density at radius 1 is 1.00 bits per heavy atom. The van der Waals surface area contributed by atoms with Gasteiger partial charge in [0.05, 0.1) is 11.0 Å². The van der Waals surface area contributed by atoms with Crippen LogP contribution in [0.25, 0.3) is 11.0 Å². The Balaban J connectivity index is 1.58. The average Bonchev–Trinajstić information content (AvgIpc) is 3.03. The lowest BCUT2D eigenvalue weighted by molar-refractivity contribution is 0.961. The number of nitrogens with one attached hydrogen (secondary N) is 2. The van der Waals surface area contributed by atoms with E-state index in [0.29, 0.717) is 17.2 Å². The molecular formula is C17H13N5OS. The van der Waals surface area contributed by atoms with Crippen LogP contribution in [0.2, 0.25) is 0 Å². The standard InChI is InChI=1S/C17H13N5OS/c23-16-14(19-12-8-4-5-9-13(12)20-16)10-15-21-22-17(24-15)18-11-6-2-1-3-7-11/h1-9H,10H2,(H,18,22)(H,20,23). The summed E-state index contributed by atoms with van der Waals surface area (Å²) in [5, 5.41) is 12.9. The van der Waals surface area contributed by atoms with Crippen molar-refractivity contribution in [3.05, 3.63) is 75.7 Å². The third-order valence-corrected chi connectivity index (χ3v) is 4.32. The molecule has 0 aliphatic carbocycles. The van der Waals surface area contributed by atoms with E-state index >= 15 is 0 Å². The highest BCUT2D eigenvalue weighted by molar-refractivity contribution is 7.15. The highest BCUT2D eigenvalue weighted by atomic mass is 32.1. The first-order valence-corrected chi connectivity index (χ1v) is 8.22. The second-order valence-corrected chi connectivity index (χ2v) is 6.26. The zero-order chi connectivity index (χ0) is 16.4. The predicted molar refractivity (Wildman–Crippen MR) is 94.8 cm³/mol. The fourth-order valence-electron chi connectivity index (χ4n) is 2.35. The lowest BCUT2D eigenvalue weighted by Gasteiger charge is -2.00. The summed E-state index contributed by atoms with van der Waals surface area (Å²) < 4.78 is 0. The van der Waals surface area contributed by atoms with Crippen LogP contribution in [0.1, 0.15) is 10.7 Å². The predicted octanol–water partition coefficient (Wildman–Crippen LogP) is 3.11. The molecule has 0 spiro atoms. The van der Waals surface area contributed by atoms with Crippen LogP contribution in [0.5, 0.6) is 0 Å². The molecule has 6 nitrogen and oxygen atoms in total. The molecule has 7 heteroatoms. The van der Waals surface area contributed by atoms with E-state index < -0.39 is 0 Å². The lowest BCUT2D eigenvalue weighted by Crippen LogP contribution is -2.15. The maximum atomic E-state index is 12.2. The number of rotatable bonds is 4. The van der Waals surface area contributed by atoms with Crippen LogP contribution < -0.4 is 10.9 Å². The van der Waals surface area contributed by atoms with Gasteiger partial charge in [-0.1, -0.05) is 41.7 Å². The Morgan fingerprint density at radius 3 is 2.67 bits per heavy atom. The van der Waals surface area contributed by atoms with Crippen LogP contribution in [-0.4, -0.2) is 20.2 Å². The number of hydrogen-bond donors (Lipinski definition) is 2. The topological polar surface area (TPSA) is 83.6 Å². The highest BCUT2D eigenvalue weighted by Gasteiger charge is 2.10. The highest BCUT2D eigenvalue weighted by Crippen LogP contribution is 2.21. The Hall–Kier alpha value is -3.06. The summed E-state index contributed by atoms with van der Waals surface area (Å²) in [4.78, 5) is 19.4. The van der Waals surface area contributed by atoms with E-state index in [1.54, 1.807) is 0 Å². The van der Waals surface area contributed by atoms with Crippen molar-refractivity contribution in [1.82, 2.24) is 20.2 Å². The van der Waals surface area contributed by atoms with Crippen molar-refractivity contribution < 1.29 is 0 Å². The molecule has 0 amide bonds. The number of H-pyrrole nitrogens is 1. The number of aromatic nitrogens is 4. The first kappa shape index (κ1) is 14.5. The smallest absolute Gasteiger partial charge is 0.270 e. The van der Waals surface area contributed by atoms with E-state index in [-0.39, 0.29) is 5.56 Å². The van der Waals surface area contributed by atoms with Gasteiger partial charge in [0, 0.05) is 12.1 Å². The molecule has 0 aliphatic rings. The van der Waals surface area contributed by atoms with Gasteiger partial charge in [0.2, 0.25) is 5.13 Å². The quantitative estimate of drug-likeness (QED) is 0.599. The fraction of sp³-hybridized carbons (Fsp3) is 0.0588. The molecule has 2 aromatic heterocycles. The summed E-state index contributed by atoms with van der Waals surface area (Å²) in [5.74, 6) is 0. The third kappa shape index (κ3) is 3.02. The largest absolute Gasteiger partial charge is 0.330 e. The number of para-hydroxylation sites is 3. The normalized spacial score (nSPS) is 10.8. The van der Waals surface area contributed by atoms with Crippen LogP contribution >= 0.6 is 11.3 Å². The fourth-order valence-corrected chi connectivity index (χ4v) is 3.12. The van der Waals surface area contributed by atoms with Gasteiger partial charge in [0.15, 0.2) is 0 Å². The van der Waals surface area contributed by atoms with Crippen molar-refractivity contribution in [1.29, 1.82) is 0 Å². The van der Waals surface area contributed by atoms with Gasteiger partial charge in [-0.3, -0.25) is 4.79 Å². The van der Waals surface area contributed by atoms with Crippen LogP contribution in [0.3, 0.4) is 0 Å². The van der Waals surface area contributed by atoms with Crippen molar-refractivity contribution in [2.75, 3.05) is 5.32 Å². The number of aromatic amines is 1. The summed E-state index contributed by atoms with van der Waals surface area (Å²) in [7, 11) is 0. The molecule has 0 saturated heterocycles. The Labute approximate surface area is 141 Å². The number of hydrogen-bond acceptors (Lipinski definition) is 6. The van der Waals surface area contributed by atoms with Gasteiger partial charge in [-0.25, -0.2) is 4.98 Å². The van der Waals surface area contributed by atoms with Crippen LogP contribution in [0.4, 0.5) is 10.8 Å². The number of fused-ring (bicyclic) bond motifs is 1. The SMILES string of the molecule is O=c1[nH]c2ccccc2nc1Cc1nnc(Nc2ccccc2)s1. The molecule has 4 rings (SSSR count). The van der Waals surface area contributed by atoms with Crippen molar-refractivity contribution in [2.24, 2.45) is 0 Å². The van der Waals surface area contributed by atoms with E-state index in [4.69, 9.17) is 0 Å². The average molecular weight is 335 g/mol.